The Kier molecular flexibility index (Phi) is 13.5. The number of para-hydroxylation sites is 2. The van der Waals surface area contributed by atoms with Crippen LogP contribution in [0.1, 0.15) is 102 Å². The van der Waals surface area contributed by atoms with Crippen LogP contribution in [0.3, 0.4) is 0 Å². The summed E-state index contributed by atoms with van der Waals surface area (Å²) in [4.78, 5) is 0. The van der Waals surface area contributed by atoms with Crippen molar-refractivity contribution < 1.29 is 0 Å². The summed E-state index contributed by atoms with van der Waals surface area (Å²) in [7, 11) is 0. The fraction of sp³-hybridized carbons (Fsp3) is 0.400. The van der Waals surface area contributed by atoms with Gasteiger partial charge in [-0.1, -0.05) is 139 Å². The summed E-state index contributed by atoms with van der Waals surface area (Å²) in [5, 5.41) is 7.39. The number of unbranched alkanes of at least 4 members (excludes halogenated alkanes) is 10. The molecule has 4 rings (SSSR count). The number of hydrogen-bond acceptors (Lipinski definition) is 2. The lowest BCUT2D eigenvalue weighted by atomic mass is 10.0. The summed E-state index contributed by atoms with van der Waals surface area (Å²) >= 11 is 0. The van der Waals surface area contributed by atoms with Gasteiger partial charge in [-0.05, 0) is 73.2 Å². The van der Waals surface area contributed by atoms with Crippen LogP contribution in [0, 0.1) is 0 Å². The maximum Gasteiger partial charge on any atom is 0.0464 e. The zero-order chi connectivity index (χ0) is 29.2. The second-order valence-corrected chi connectivity index (χ2v) is 11.8. The first-order valence-corrected chi connectivity index (χ1v) is 16.7. The molecule has 0 aliphatic rings. The van der Waals surface area contributed by atoms with Crippen molar-refractivity contribution in [1.82, 2.24) is 0 Å². The van der Waals surface area contributed by atoms with E-state index in [-0.39, 0.29) is 0 Å². The maximum absolute atomic E-state index is 3.69. The van der Waals surface area contributed by atoms with Crippen molar-refractivity contribution in [2.24, 2.45) is 0 Å². The maximum atomic E-state index is 3.69. The summed E-state index contributed by atoms with van der Waals surface area (Å²) in [6, 6.07) is 35.2. The number of benzene rings is 4. The molecular formula is C40H52N2. The Morgan fingerprint density at radius 2 is 0.738 bits per heavy atom. The van der Waals surface area contributed by atoms with Crippen LogP contribution in [0.2, 0.25) is 0 Å². The number of nitrogens with one attached hydrogen (secondary N) is 2. The highest BCUT2D eigenvalue weighted by Crippen LogP contribution is 2.36. The first-order chi connectivity index (χ1) is 20.8. The largest absolute Gasteiger partial charge is 0.355 e. The second kappa shape index (κ2) is 18.1. The molecule has 42 heavy (non-hydrogen) atoms. The zero-order valence-electron chi connectivity index (χ0n) is 26.1. The van der Waals surface area contributed by atoms with Crippen molar-refractivity contribution in [3.05, 3.63) is 108 Å². The SMILES string of the molecule is CCCCCCCCc1ccc(Nc2ccccc2-c2ccccc2Nc2ccc(CCCCCCCC)cc2)cc1. The normalized spacial score (nSPS) is 11.0. The molecule has 0 unspecified atom stereocenters. The minimum Gasteiger partial charge on any atom is -0.355 e. The van der Waals surface area contributed by atoms with E-state index in [4.69, 9.17) is 0 Å². The molecule has 4 aromatic carbocycles. The quantitative estimate of drug-likeness (QED) is 0.111. The molecule has 0 heterocycles. The molecule has 222 valence electrons. The molecule has 0 bridgehead atoms. The molecule has 0 amide bonds. The van der Waals surface area contributed by atoms with Crippen LogP contribution in [0.4, 0.5) is 22.7 Å². The van der Waals surface area contributed by atoms with Crippen LogP contribution in [0.15, 0.2) is 97.1 Å². The first-order valence-electron chi connectivity index (χ1n) is 16.7. The lowest BCUT2D eigenvalue weighted by molar-refractivity contribution is 0.607. The predicted molar refractivity (Wildman–Crippen MR) is 185 cm³/mol. The Morgan fingerprint density at radius 1 is 0.381 bits per heavy atom. The molecule has 0 aliphatic carbocycles. The van der Waals surface area contributed by atoms with Gasteiger partial charge in [0.15, 0.2) is 0 Å². The molecule has 0 fully saturated rings. The molecule has 0 saturated carbocycles. The fourth-order valence-electron chi connectivity index (χ4n) is 5.69. The third-order valence-corrected chi connectivity index (χ3v) is 8.25. The van der Waals surface area contributed by atoms with Crippen molar-refractivity contribution in [2.75, 3.05) is 10.6 Å². The Bertz CT molecular complexity index is 1190. The van der Waals surface area contributed by atoms with Gasteiger partial charge in [-0.3, -0.25) is 0 Å². The van der Waals surface area contributed by atoms with Gasteiger partial charge in [-0.25, -0.2) is 0 Å². The van der Waals surface area contributed by atoms with E-state index in [0.717, 1.165) is 22.7 Å². The zero-order valence-corrected chi connectivity index (χ0v) is 26.1. The van der Waals surface area contributed by atoms with E-state index in [9.17, 15) is 0 Å². The molecule has 0 saturated heterocycles. The topological polar surface area (TPSA) is 24.1 Å². The third kappa shape index (κ3) is 10.4. The summed E-state index contributed by atoms with van der Waals surface area (Å²) in [5.41, 5.74) is 9.72. The Balaban J connectivity index is 1.36. The summed E-state index contributed by atoms with van der Waals surface area (Å²) in [6.07, 6.45) is 18.4. The van der Waals surface area contributed by atoms with Gasteiger partial charge in [0, 0.05) is 33.9 Å². The summed E-state index contributed by atoms with van der Waals surface area (Å²) in [5.74, 6) is 0. The Labute approximate surface area is 256 Å². The summed E-state index contributed by atoms with van der Waals surface area (Å²) < 4.78 is 0. The average molecular weight is 561 g/mol. The van der Waals surface area contributed by atoms with Gasteiger partial charge in [-0.15, -0.1) is 0 Å². The summed E-state index contributed by atoms with van der Waals surface area (Å²) in [6.45, 7) is 4.56. The standard InChI is InChI=1S/C40H52N2/c1-3-5-7-9-11-13-19-33-25-29-35(30-26-33)41-39-23-17-15-21-37(39)38-22-16-18-24-40(38)42-36-31-27-34(28-32-36)20-14-12-10-8-6-4-2/h15-18,21-32,41-42H,3-14,19-20H2,1-2H3. The predicted octanol–water partition coefficient (Wildman–Crippen LogP) is 12.6. The lowest BCUT2D eigenvalue weighted by Crippen LogP contribution is -1.97. The highest BCUT2D eigenvalue weighted by molar-refractivity contribution is 5.89. The van der Waals surface area contributed by atoms with Crippen LogP contribution >= 0.6 is 0 Å². The molecule has 0 spiro atoms. The molecule has 0 aromatic heterocycles. The Hall–Kier alpha value is -3.52. The van der Waals surface area contributed by atoms with Crippen LogP contribution in [0.25, 0.3) is 11.1 Å². The van der Waals surface area contributed by atoms with Crippen LogP contribution < -0.4 is 10.6 Å². The highest BCUT2D eigenvalue weighted by Gasteiger charge is 2.10. The van der Waals surface area contributed by atoms with Gasteiger partial charge in [0.05, 0.1) is 0 Å². The third-order valence-electron chi connectivity index (χ3n) is 8.25. The molecule has 4 aromatic rings. The van der Waals surface area contributed by atoms with Gasteiger partial charge in [0.1, 0.15) is 0 Å². The molecule has 2 nitrogen and oxygen atoms in total. The minimum absolute atomic E-state index is 1.12. The van der Waals surface area contributed by atoms with E-state index < -0.39 is 0 Å². The van der Waals surface area contributed by atoms with Gasteiger partial charge >= 0.3 is 0 Å². The number of rotatable bonds is 19. The van der Waals surface area contributed by atoms with Crippen LogP contribution in [-0.4, -0.2) is 0 Å². The van der Waals surface area contributed by atoms with E-state index in [1.54, 1.807) is 0 Å². The van der Waals surface area contributed by atoms with E-state index >= 15 is 0 Å². The van der Waals surface area contributed by atoms with Gasteiger partial charge in [0.25, 0.3) is 0 Å². The smallest absolute Gasteiger partial charge is 0.0464 e. The first kappa shape index (κ1) is 31.4. The molecule has 2 N–H and O–H groups in total. The van der Waals surface area contributed by atoms with E-state index in [0.29, 0.717) is 0 Å². The Morgan fingerprint density at radius 3 is 1.14 bits per heavy atom. The number of aryl methyl sites for hydroxylation is 2. The van der Waals surface area contributed by atoms with E-state index in [2.05, 4.69) is 122 Å². The molecule has 0 atom stereocenters. The van der Waals surface area contributed by atoms with E-state index in [1.165, 1.54) is 112 Å². The van der Waals surface area contributed by atoms with Crippen molar-refractivity contribution in [1.29, 1.82) is 0 Å². The van der Waals surface area contributed by atoms with Crippen molar-refractivity contribution in [3.8, 4) is 11.1 Å². The minimum atomic E-state index is 1.12. The average Bonchev–Trinajstić information content (AvgIpc) is 3.03. The van der Waals surface area contributed by atoms with Crippen molar-refractivity contribution in [3.63, 3.8) is 0 Å². The van der Waals surface area contributed by atoms with Crippen LogP contribution in [0.5, 0.6) is 0 Å². The lowest BCUT2D eigenvalue weighted by Gasteiger charge is -2.17. The van der Waals surface area contributed by atoms with Crippen LogP contribution in [-0.2, 0) is 12.8 Å². The molecule has 2 heteroatoms. The second-order valence-electron chi connectivity index (χ2n) is 11.8. The molecule has 0 radical (unpaired) electrons. The van der Waals surface area contributed by atoms with Crippen molar-refractivity contribution >= 4 is 22.7 Å². The molecular weight excluding hydrogens is 508 g/mol. The monoisotopic (exact) mass is 560 g/mol. The number of hydrogen-bond donors (Lipinski definition) is 2. The number of anilines is 4. The van der Waals surface area contributed by atoms with Gasteiger partial charge in [0.2, 0.25) is 0 Å². The molecule has 0 aliphatic heterocycles. The highest BCUT2D eigenvalue weighted by atomic mass is 14.9. The van der Waals surface area contributed by atoms with Gasteiger partial charge in [-0.2, -0.15) is 0 Å². The van der Waals surface area contributed by atoms with Gasteiger partial charge < -0.3 is 10.6 Å². The van der Waals surface area contributed by atoms with E-state index in [1.807, 2.05) is 0 Å². The fourth-order valence-corrected chi connectivity index (χ4v) is 5.69. The van der Waals surface area contributed by atoms with Crippen molar-refractivity contribution in [2.45, 2.75) is 104 Å².